The highest BCUT2D eigenvalue weighted by Crippen LogP contribution is 2.36. The van der Waals surface area contributed by atoms with Gasteiger partial charge in [0.15, 0.2) is 11.8 Å². The number of ether oxygens (including phenoxy) is 4. The molecule has 0 aliphatic rings. The molecule has 0 saturated carbocycles. The molecule has 9 heteroatoms. The first-order valence-electron chi connectivity index (χ1n) is 7.39. The second kappa shape index (κ2) is 9.76. The Morgan fingerprint density at radius 2 is 1.00 bits per heavy atom. The first-order chi connectivity index (χ1) is 12.3. The third kappa shape index (κ3) is 4.72. The summed E-state index contributed by atoms with van der Waals surface area (Å²) >= 11 is 5.87. The van der Waals surface area contributed by atoms with E-state index in [0.29, 0.717) is 10.6 Å². The maximum Gasteiger partial charge on any atom is 0.320 e. The number of methoxy groups -OCH3 is 4. The molecule has 26 heavy (non-hydrogen) atoms. The van der Waals surface area contributed by atoms with Gasteiger partial charge in [-0.25, -0.2) is 0 Å². The highest BCUT2D eigenvalue weighted by atomic mass is 35.5. The van der Waals surface area contributed by atoms with Crippen LogP contribution in [0.2, 0.25) is 5.02 Å². The van der Waals surface area contributed by atoms with E-state index in [4.69, 9.17) is 11.6 Å². The van der Waals surface area contributed by atoms with Gasteiger partial charge in [-0.3, -0.25) is 19.2 Å². The smallest absolute Gasteiger partial charge is 0.320 e. The lowest BCUT2D eigenvalue weighted by molar-refractivity contribution is -0.166. The van der Waals surface area contributed by atoms with E-state index in [0.717, 1.165) is 28.4 Å². The second-order valence-corrected chi connectivity index (χ2v) is 5.56. The highest BCUT2D eigenvalue weighted by molar-refractivity contribution is 6.30. The van der Waals surface area contributed by atoms with Crippen molar-refractivity contribution in [1.82, 2.24) is 0 Å². The van der Waals surface area contributed by atoms with Gasteiger partial charge in [0.1, 0.15) is 0 Å². The summed E-state index contributed by atoms with van der Waals surface area (Å²) in [6.07, 6.45) is 0. The molecule has 0 aliphatic carbocycles. The third-order valence-corrected chi connectivity index (χ3v) is 4.05. The van der Waals surface area contributed by atoms with Gasteiger partial charge in [0.2, 0.25) is 0 Å². The number of carbonyl (C=O) groups is 4. The molecule has 0 aliphatic heterocycles. The van der Waals surface area contributed by atoms with E-state index in [9.17, 15) is 19.2 Å². The van der Waals surface area contributed by atoms with Crippen LogP contribution in [0, 0.1) is 11.8 Å². The largest absolute Gasteiger partial charge is 0.468 e. The van der Waals surface area contributed by atoms with Crippen LogP contribution in [0.25, 0.3) is 0 Å². The molecular formula is C17H19ClO8. The van der Waals surface area contributed by atoms with Crippen LogP contribution in [0.4, 0.5) is 0 Å². The SMILES string of the molecule is COC(=O)C(C(=O)OC)C(c1ccc(Cl)cc1)C(C(=O)OC)C(=O)OC. The Morgan fingerprint density at radius 3 is 1.27 bits per heavy atom. The average molecular weight is 387 g/mol. The van der Waals surface area contributed by atoms with Crippen LogP contribution in [0.5, 0.6) is 0 Å². The third-order valence-electron chi connectivity index (χ3n) is 3.79. The van der Waals surface area contributed by atoms with E-state index in [1.54, 1.807) is 0 Å². The Hall–Kier alpha value is -2.61. The van der Waals surface area contributed by atoms with Gasteiger partial charge in [0, 0.05) is 10.9 Å². The lowest BCUT2D eigenvalue weighted by Crippen LogP contribution is -2.42. The van der Waals surface area contributed by atoms with Crippen LogP contribution < -0.4 is 0 Å². The second-order valence-electron chi connectivity index (χ2n) is 5.13. The summed E-state index contributed by atoms with van der Waals surface area (Å²) in [4.78, 5) is 49.1. The Morgan fingerprint density at radius 1 is 0.692 bits per heavy atom. The van der Waals surface area contributed by atoms with Gasteiger partial charge in [-0.2, -0.15) is 0 Å². The van der Waals surface area contributed by atoms with Crippen LogP contribution in [-0.2, 0) is 38.1 Å². The summed E-state index contributed by atoms with van der Waals surface area (Å²) in [5, 5.41) is 0.382. The summed E-state index contributed by atoms with van der Waals surface area (Å²) in [7, 11) is 4.29. The molecule has 1 aromatic rings. The minimum Gasteiger partial charge on any atom is -0.468 e. The van der Waals surface area contributed by atoms with Crippen molar-refractivity contribution in [3.05, 3.63) is 34.9 Å². The summed E-state index contributed by atoms with van der Waals surface area (Å²) in [6.45, 7) is 0. The summed E-state index contributed by atoms with van der Waals surface area (Å²) in [5.41, 5.74) is 0.302. The van der Waals surface area contributed by atoms with Crippen molar-refractivity contribution >= 4 is 35.5 Å². The van der Waals surface area contributed by atoms with Crippen LogP contribution in [-0.4, -0.2) is 52.3 Å². The van der Waals surface area contributed by atoms with Crippen molar-refractivity contribution in [2.45, 2.75) is 5.92 Å². The predicted octanol–water partition coefficient (Wildman–Crippen LogP) is 1.35. The number of halogens is 1. The average Bonchev–Trinajstić information content (AvgIpc) is 2.66. The van der Waals surface area contributed by atoms with Crippen LogP contribution in [0.1, 0.15) is 11.5 Å². The lowest BCUT2D eigenvalue weighted by Gasteiger charge is -2.28. The van der Waals surface area contributed by atoms with Gasteiger partial charge >= 0.3 is 23.9 Å². The molecule has 0 atom stereocenters. The fraction of sp³-hybridized carbons (Fsp3) is 0.412. The van der Waals surface area contributed by atoms with Crippen molar-refractivity contribution in [1.29, 1.82) is 0 Å². The Labute approximate surface area is 155 Å². The molecule has 1 rings (SSSR count). The summed E-state index contributed by atoms with van der Waals surface area (Å²) < 4.78 is 18.7. The molecule has 0 fully saturated rings. The van der Waals surface area contributed by atoms with E-state index < -0.39 is 41.6 Å². The van der Waals surface area contributed by atoms with Crippen molar-refractivity contribution in [2.24, 2.45) is 11.8 Å². The first-order valence-corrected chi connectivity index (χ1v) is 7.76. The molecule has 0 radical (unpaired) electrons. The monoisotopic (exact) mass is 386 g/mol. The molecule has 0 aromatic heterocycles. The number of carbonyl (C=O) groups excluding carboxylic acids is 4. The van der Waals surface area contributed by atoms with Crippen LogP contribution in [0.15, 0.2) is 24.3 Å². The van der Waals surface area contributed by atoms with Gasteiger partial charge < -0.3 is 18.9 Å². The molecule has 1 aromatic carbocycles. The number of rotatable bonds is 7. The zero-order valence-corrected chi connectivity index (χ0v) is 15.4. The molecule has 0 N–H and O–H groups in total. The lowest BCUT2D eigenvalue weighted by atomic mass is 9.76. The molecular weight excluding hydrogens is 368 g/mol. The van der Waals surface area contributed by atoms with E-state index in [1.807, 2.05) is 0 Å². The normalized spacial score (nSPS) is 10.6. The van der Waals surface area contributed by atoms with Crippen molar-refractivity contribution in [3.63, 3.8) is 0 Å². The maximum atomic E-state index is 12.3. The van der Waals surface area contributed by atoms with Gasteiger partial charge in [0.25, 0.3) is 0 Å². The minimum absolute atomic E-state index is 0.302. The minimum atomic E-state index is -1.60. The molecule has 0 bridgehead atoms. The zero-order valence-electron chi connectivity index (χ0n) is 14.7. The van der Waals surface area contributed by atoms with Crippen molar-refractivity contribution in [2.75, 3.05) is 28.4 Å². The van der Waals surface area contributed by atoms with Crippen molar-refractivity contribution in [3.8, 4) is 0 Å². The fourth-order valence-corrected chi connectivity index (χ4v) is 2.68. The topological polar surface area (TPSA) is 105 Å². The molecule has 0 spiro atoms. The Balaban J connectivity index is 3.64. The fourth-order valence-electron chi connectivity index (χ4n) is 2.55. The zero-order chi connectivity index (χ0) is 19.9. The quantitative estimate of drug-likeness (QED) is 0.393. The molecule has 0 heterocycles. The predicted molar refractivity (Wildman–Crippen MR) is 89.2 cm³/mol. The van der Waals surface area contributed by atoms with E-state index in [-0.39, 0.29) is 0 Å². The van der Waals surface area contributed by atoms with Crippen LogP contribution in [0.3, 0.4) is 0 Å². The number of hydrogen-bond acceptors (Lipinski definition) is 8. The van der Waals surface area contributed by atoms with E-state index >= 15 is 0 Å². The molecule has 8 nitrogen and oxygen atoms in total. The molecule has 0 unspecified atom stereocenters. The maximum absolute atomic E-state index is 12.3. The highest BCUT2D eigenvalue weighted by Gasteiger charge is 2.49. The van der Waals surface area contributed by atoms with E-state index in [2.05, 4.69) is 18.9 Å². The standard InChI is InChI=1S/C17H19ClO8/c1-23-14(19)12(15(20)24-2)11(9-5-7-10(18)8-6-9)13(16(21)25-3)17(22)26-4/h5-8,11-13H,1-4H3. The van der Waals surface area contributed by atoms with E-state index in [1.165, 1.54) is 24.3 Å². The Kier molecular flexibility index (Phi) is 8.05. The molecule has 0 saturated heterocycles. The van der Waals surface area contributed by atoms with Crippen molar-refractivity contribution < 1.29 is 38.1 Å². The van der Waals surface area contributed by atoms with Gasteiger partial charge in [0.05, 0.1) is 28.4 Å². The van der Waals surface area contributed by atoms with Gasteiger partial charge in [-0.05, 0) is 17.7 Å². The Bertz CT molecular complexity index is 602. The van der Waals surface area contributed by atoms with Crippen LogP contribution >= 0.6 is 11.6 Å². The first kappa shape index (κ1) is 21.4. The number of benzene rings is 1. The van der Waals surface area contributed by atoms with Gasteiger partial charge in [-0.1, -0.05) is 23.7 Å². The molecule has 142 valence electrons. The number of esters is 4. The summed E-state index contributed by atoms with van der Waals surface area (Å²) in [5.74, 6) is -8.40. The summed E-state index contributed by atoms with van der Waals surface area (Å²) in [6, 6.07) is 5.93. The van der Waals surface area contributed by atoms with Gasteiger partial charge in [-0.15, -0.1) is 0 Å². The molecule has 0 amide bonds. The number of hydrogen-bond donors (Lipinski definition) is 0.